The monoisotopic (exact) mass is 374 g/mol. The van der Waals surface area contributed by atoms with Crippen LogP contribution in [-0.4, -0.2) is 58.5 Å². The Labute approximate surface area is 158 Å². The van der Waals surface area contributed by atoms with E-state index >= 15 is 0 Å². The van der Waals surface area contributed by atoms with Crippen molar-refractivity contribution in [2.45, 2.75) is 33.4 Å². The Kier molecular flexibility index (Phi) is 5.36. The molecule has 3 amide bonds. The van der Waals surface area contributed by atoms with Gasteiger partial charge >= 0.3 is 6.03 Å². The fraction of sp³-hybridized carbons (Fsp3) is 0.474. The molecule has 6 nitrogen and oxygen atoms in total. The summed E-state index contributed by atoms with van der Waals surface area (Å²) in [7, 11) is 0. The van der Waals surface area contributed by atoms with Crippen LogP contribution in [0.4, 0.5) is 4.79 Å². The zero-order valence-corrected chi connectivity index (χ0v) is 16.4. The average Bonchev–Trinajstić information content (AvgIpc) is 3.16. The molecule has 3 heterocycles. The summed E-state index contributed by atoms with van der Waals surface area (Å²) in [6, 6.07) is 3.95. The summed E-state index contributed by atoms with van der Waals surface area (Å²) in [6.07, 6.45) is 0. The molecule has 0 bridgehead atoms. The third-order valence-electron chi connectivity index (χ3n) is 4.65. The largest absolute Gasteiger partial charge is 0.338 e. The highest BCUT2D eigenvalue weighted by Gasteiger charge is 2.31. The molecule has 1 aliphatic rings. The summed E-state index contributed by atoms with van der Waals surface area (Å²) in [4.78, 5) is 30.1. The van der Waals surface area contributed by atoms with E-state index < -0.39 is 0 Å². The Morgan fingerprint density at radius 3 is 2.81 bits per heavy atom. The number of nitrogens with one attached hydrogen (secondary N) is 1. The molecule has 26 heavy (non-hydrogen) atoms. The molecule has 0 spiro atoms. The highest BCUT2D eigenvalue weighted by atomic mass is 32.1. The number of amides is 3. The molecule has 1 unspecified atom stereocenters. The van der Waals surface area contributed by atoms with Crippen LogP contribution in [0.25, 0.3) is 10.2 Å². The van der Waals surface area contributed by atoms with Gasteiger partial charge in [0.1, 0.15) is 10.5 Å². The second kappa shape index (κ2) is 7.53. The van der Waals surface area contributed by atoms with Gasteiger partial charge in [0.15, 0.2) is 0 Å². The zero-order valence-electron chi connectivity index (χ0n) is 15.6. The number of aromatic nitrogens is 1. The van der Waals surface area contributed by atoms with E-state index in [2.05, 4.69) is 16.5 Å². The number of hydrogen-bond acceptors (Lipinski definition) is 3. The smallest absolute Gasteiger partial charge is 0.317 e. The predicted molar refractivity (Wildman–Crippen MR) is 106 cm³/mol. The standard InChI is InChI=1S/C19H26N4O2S/c1-5-20-19(25)22-8-7-21(12-14(22)4)17(24)16-10-15-6-9-26-18(15)23(16)11-13(2)3/h6,9-10,14H,2,5,7-8,11-12H2,1,3-4H3,(H,20,25). The summed E-state index contributed by atoms with van der Waals surface area (Å²) < 4.78 is 2.06. The van der Waals surface area contributed by atoms with Gasteiger partial charge in [-0.3, -0.25) is 4.79 Å². The third-order valence-corrected chi connectivity index (χ3v) is 5.60. The number of carbonyl (C=O) groups excluding carboxylic acids is 2. The highest BCUT2D eigenvalue weighted by molar-refractivity contribution is 7.16. The van der Waals surface area contributed by atoms with Crippen LogP contribution >= 0.6 is 11.3 Å². The SMILES string of the molecule is C=C(C)Cn1c(C(=O)N2CCN(C(=O)NCC)C(C)C2)cc2ccsc21. The van der Waals surface area contributed by atoms with Gasteiger partial charge in [0.2, 0.25) is 0 Å². The molecule has 3 rings (SSSR count). The number of urea groups is 1. The van der Waals surface area contributed by atoms with Crippen molar-refractivity contribution in [3.05, 3.63) is 35.4 Å². The van der Waals surface area contributed by atoms with Crippen LogP contribution in [0.15, 0.2) is 29.7 Å². The van der Waals surface area contributed by atoms with E-state index in [9.17, 15) is 9.59 Å². The number of rotatable bonds is 4. The first-order chi connectivity index (χ1) is 12.4. The number of thiophene rings is 1. The molecular formula is C19H26N4O2S. The first-order valence-electron chi connectivity index (χ1n) is 8.97. The van der Waals surface area contributed by atoms with E-state index in [1.54, 1.807) is 16.2 Å². The molecule has 1 saturated heterocycles. The summed E-state index contributed by atoms with van der Waals surface area (Å²) in [6.45, 7) is 12.8. The number of piperazine rings is 1. The molecule has 0 radical (unpaired) electrons. The zero-order chi connectivity index (χ0) is 18.8. The molecule has 2 aromatic rings. The average molecular weight is 375 g/mol. The minimum atomic E-state index is -0.0572. The Hall–Kier alpha value is -2.28. The van der Waals surface area contributed by atoms with Gasteiger partial charge in [0, 0.05) is 44.2 Å². The van der Waals surface area contributed by atoms with Crippen LogP contribution in [0.3, 0.4) is 0 Å². The molecule has 1 N–H and O–H groups in total. The second-order valence-electron chi connectivity index (χ2n) is 6.88. The van der Waals surface area contributed by atoms with Gasteiger partial charge < -0.3 is 19.7 Å². The van der Waals surface area contributed by atoms with E-state index in [-0.39, 0.29) is 18.0 Å². The summed E-state index contributed by atoms with van der Waals surface area (Å²) >= 11 is 1.64. The fourth-order valence-electron chi connectivity index (χ4n) is 3.44. The van der Waals surface area contributed by atoms with Crippen molar-refractivity contribution < 1.29 is 9.59 Å². The first-order valence-corrected chi connectivity index (χ1v) is 9.85. The van der Waals surface area contributed by atoms with Gasteiger partial charge in [-0.05, 0) is 38.3 Å². The van der Waals surface area contributed by atoms with Crippen LogP contribution in [0.5, 0.6) is 0 Å². The molecule has 2 aromatic heterocycles. The summed E-state index contributed by atoms with van der Waals surface area (Å²) in [5, 5.41) is 5.97. The Balaban J connectivity index is 1.80. The Bertz CT molecular complexity index is 838. The molecule has 1 aliphatic heterocycles. The molecule has 0 saturated carbocycles. The van der Waals surface area contributed by atoms with Gasteiger partial charge in [-0.2, -0.15) is 0 Å². The highest BCUT2D eigenvalue weighted by Crippen LogP contribution is 2.27. The van der Waals surface area contributed by atoms with E-state index in [4.69, 9.17) is 0 Å². The van der Waals surface area contributed by atoms with Gasteiger partial charge in [-0.15, -0.1) is 11.3 Å². The van der Waals surface area contributed by atoms with Crippen LogP contribution < -0.4 is 5.32 Å². The second-order valence-corrected chi connectivity index (χ2v) is 7.78. The topological polar surface area (TPSA) is 57.6 Å². The van der Waals surface area contributed by atoms with E-state index in [1.165, 1.54) is 0 Å². The van der Waals surface area contributed by atoms with Crippen molar-refractivity contribution in [3.8, 4) is 0 Å². The van der Waals surface area contributed by atoms with Gasteiger partial charge in [0.05, 0.1) is 0 Å². The van der Waals surface area contributed by atoms with Gasteiger partial charge in [-0.1, -0.05) is 12.2 Å². The van der Waals surface area contributed by atoms with Crippen LogP contribution in [0.2, 0.25) is 0 Å². The normalized spacial score (nSPS) is 17.6. The van der Waals surface area contributed by atoms with Crippen LogP contribution in [0.1, 0.15) is 31.3 Å². The van der Waals surface area contributed by atoms with Crippen molar-refractivity contribution in [2.75, 3.05) is 26.2 Å². The van der Waals surface area contributed by atoms with Crippen molar-refractivity contribution in [1.29, 1.82) is 0 Å². The number of hydrogen-bond donors (Lipinski definition) is 1. The lowest BCUT2D eigenvalue weighted by Gasteiger charge is -2.39. The molecule has 1 fully saturated rings. The van der Waals surface area contributed by atoms with Crippen LogP contribution in [-0.2, 0) is 6.54 Å². The van der Waals surface area contributed by atoms with Crippen molar-refractivity contribution in [3.63, 3.8) is 0 Å². The van der Waals surface area contributed by atoms with E-state index in [1.807, 2.05) is 43.2 Å². The minimum absolute atomic E-state index is 0.00933. The maximum absolute atomic E-state index is 13.2. The maximum atomic E-state index is 13.2. The molecular weight excluding hydrogens is 348 g/mol. The maximum Gasteiger partial charge on any atom is 0.317 e. The molecule has 0 aromatic carbocycles. The van der Waals surface area contributed by atoms with Crippen molar-refractivity contribution >= 4 is 33.5 Å². The number of nitrogens with zero attached hydrogens (tertiary/aromatic N) is 3. The molecule has 0 aliphatic carbocycles. The fourth-order valence-corrected chi connectivity index (χ4v) is 4.33. The van der Waals surface area contributed by atoms with E-state index in [0.29, 0.717) is 38.4 Å². The lowest BCUT2D eigenvalue weighted by Crippen LogP contribution is -2.57. The third kappa shape index (κ3) is 3.49. The number of allylic oxidation sites excluding steroid dienone is 1. The minimum Gasteiger partial charge on any atom is -0.338 e. The Morgan fingerprint density at radius 2 is 2.15 bits per heavy atom. The van der Waals surface area contributed by atoms with Gasteiger partial charge in [0.25, 0.3) is 5.91 Å². The molecule has 140 valence electrons. The van der Waals surface area contributed by atoms with E-state index in [0.717, 1.165) is 15.8 Å². The number of fused-ring (bicyclic) bond motifs is 1. The quantitative estimate of drug-likeness (QED) is 0.836. The van der Waals surface area contributed by atoms with Gasteiger partial charge in [-0.25, -0.2) is 4.79 Å². The lowest BCUT2D eigenvalue weighted by molar-refractivity contribution is 0.0571. The summed E-state index contributed by atoms with van der Waals surface area (Å²) in [5.41, 5.74) is 1.72. The Morgan fingerprint density at radius 1 is 1.38 bits per heavy atom. The summed E-state index contributed by atoms with van der Waals surface area (Å²) in [5.74, 6) is 0.0250. The molecule has 1 atom stereocenters. The molecule has 7 heteroatoms. The van der Waals surface area contributed by atoms with Crippen LogP contribution in [0, 0.1) is 0 Å². The lowest BCUT2D eigenvalue weighted by atomic mass is 10.2. The predicted octanol–water partition coefficient (Wildman–Crippen LogP) is 3.15. The first kappa shape index (κ1) is 18.5. The van der Waals surface area contributed by atoms with Crippen molar-refractivity contribution in [1.82, 2.24) is 19.7 Å². The number of carbonyl (C=O) groups is 2. The van der Waals surface area contributed by atoms with Crippen molar-refractivity contribution in [2.24, 2.45) is 0 Å².